The number of hydrogen-bond acceptors (Lipinski definition) is 2. The van der Waals surface area contributed by atoms with E-state index in [1.165, 1.54) is 5.69 Å². The quantitative estimate of drug-likeness (QED) is 0.590. The Morgan fingerprint density at radius 2 is 1.88 bits per heavy atom. The van der Waals surface area contributed by atoms with Crippen LogP contribution in [0.1, 0.15) is 26.3 Å². The van der Waals surface area contributed by atoms with Gasteiger partial charge in [0.15, 0.2) is 0 Å². The maximum absolute atomic E-state index is 7.34. The Hall–Kier alpha value is -1.51. The summed E-state index contributed by atoms with van der Waals surface area (Å²) in [6.45, 7) is 8.63. The molecule has 0 aliphatic carbocycles. The molecule has 88 valence electrons. The Morgan fingerprint density at radius 3 is 2.25 bits per heavy atom. The summed E-state index contributed by atoms with van der Waals surface area (Å²) in [6, 6.07) is 7.87. The van der Waals surface area contributed by atoms with Crippen molar-refractivity contribution in [2.24, 2.45) is 11.7 Å². The first-order valence-corrected chi connectivity index (χ1v) is 5.74. The molecule has 3 heteroatoms. The molecule has 0 bridgehead atoms. The molecule has 0 saturated heterocycles. The van der Waals surface area contributed by atoms with Crippen molar-refractivity contribution in [1.29, 1.82) is 5.41 Å². The maximum Gasteiger partial charge on any atom is 0.122 e. The summed E-state index contributed by atoms with van der Waals surface area (Å²) in [4.78, 5) is 2.33. The van der Waals surface area contributed by atoms with E-state index in [2.05, 4.69) is 25.7 Å². The van der Waals surface area contributed by atoms with Gasteiger partial charge in [0.1, 0.15) is 5.84 Å². The Kier molecular flexibility index (Phi) is 4.35. The van der Waals surface area contributed by atoms with Gasteiger partial charge in [0, 0.05) is 24.3 Å². The van der Waals surface area contributed by atoms with E-state index < -0.39 is 0 Å². The van der Waals surface area contributed by atoms with Crippen molar-refractivity contribution >= 4 is 11.5 Å². The molecule has 1 aromatic carbocycles. The zero-order valence-electron chi connectivity index (χ0n) is 10.3. The van der Waals surface area contributed by atoms with Crippen LogP contribution in [-0.4, -0.2) is 18.9 Å². The van der Waals surface area contributed by atoms with Crippen LogP contribution in [0.25, 0.3) is 0 Å². The summed E-state index contributed by atoms with van der Waals surface area (Å²) in [6.07, 6.45) is 0. The lowest BCUT2D eigenvalue weighted by Gasteiger charge is -2.25. The third-order valence-corrected chi connectivity index (χ3v) is 2.51. The van der Waals surface area contributed by atoms with Crippen LogP contribution in [0.3, 0.4) is 0 Å². The molecular formula is C13H21N3. The zero-order valence-corrected chi connectivity index (χ0v) is 10.3. The minimum absolute atomic E-state index is 0.124. The summed E-state index contributed by atoms with van der Waals surface area (Å²) in [5.41, 5.74) is 7.40. The number of nitrogens with two attached hydrogens (primary N) is 1. The molecule has 0 heterocycles. The molecule has 0 fully saturated rings. The van der Waals surface area contributed by atoms with Gasteiger partial charge in [-0.15, -0.1) is 0 Å². The zero-order chi connectivity index (χ0) is 12.1. The predicted molar refractivity (Wildman–Crippen MR) is 70.2 cm³/mol. The highest BCUT2D eigenvalue weighted by Crippen LogP contribution is 2.16. The lowest BCUT2D eigenvalue weighted by Crippen LogP contribution is -2.27. The van der Waals surface area contributed by atoms with Gasteiger partial charge < -0.3 is 10.6 Å². The summed E-state index contributed by atoms with van der Waals surface area (Å²) in [5.74, 6) is 0.769. The van der Waals surface area contributed by atoms with E-state index in [1.807, 2.05) is 24.3 Å². The van der Waals surface area contributed by atoms with E-state index >= 15 is 0 Å². The van der Waals surface area contributed by atoms with Crippen LogP contribution in [-0.2, 0) is 0 Å². The van der Waals surface area contributed by atoms with Gasteiger partial charge >= 0.3 is 0 Å². The van der Waals surface area contributed by atoms with E-state index in [4.69, 9.17) is 11.1 Å². The summed E-state index contributed by atoms with van der Waals surface area (Å²) >= 11 is 0. The van der Waals surface area contributed by atoms with Crippen molar-refractivity contribution in [3.8, 4) is 0 Å². The molecular weight excluding hydrogens is 198 g/mol. The Labute approximate surface area is 97.8 Å². The van der Waals surface area contributed by atoms with Crippen LogP contribution in [0.15, 0.2) is 24.3 Å². The van der Waals surface area contributed by atoms with Gasteiger partial charge in [-0.2, -0.15) is 0 Å². The van der Waals surface area contributed by atoms with E-state index in [0.29, 0.717) is 5.92 Å². The standard InChI is InChI=1S/C13H21N3/c1-4-16(9-10(2)3)12-7-5-11(6-8-12)13(14)15/h5-8,10H,4,9H2,1-3H3,(H3,14,15). The topological polar surface area (TPSA) is 53.1 Å². The monoisotopic (exact) mass is 219 g/mol. The lowest BCUT2D eigenvalue weighted by molar-refractivity contribution is 0.619. The number of nitrogens with zero attached hydrogens (tertiary/aromatic N) is 1. The highest BCUT2D eigenvalue weighted by atomic mass is 15.1. The van der Waals surface area contributed by atoms with Crippen LogP contribution in [0.4, 0.5) is 5.69 Å². The molecule has 16 heavy (non-hydrogen) atoms. The van der Waals surface area contributed by atoms with Crippen molar-refractivity contribution in [2.75, 3.05) is 18.0 Å². The van der Waals surface area contributed by atoms with Crippen molar-refractivity contribution in [3.05, 3.63) is 29.8 Å². The van der Waals surface area contributed by atoms with Crippen LogP contribution in [0.5, 0.6) is 0 Å². The second-order valence-electron chi connectivity index (χ2n) is 4.39. The van der Waals surface area contributed by atoms with Gasteiger partial charge in [-0.05, 0) is 37.1 Å². The van der Waals surface area contributed by atoms with Crippen LogP contribution in [0.2, 0.25) is 0 Å². The summed E-state index contributed by atoms with van der Waals surface area (Å²) in [5, 5.41) is 7.34. The van der Waals surface area contributed by atoms with Gasteiger partial charge in [0.05, 0.1) is 0 Å². The van der Waals surface area contributed by atoms with Crippen molar-refractivity contribution in [3.63, 3.8) is 0 Å². The Morgan fingerprint density at radius 1 is 1.31 bits per heavy atom. The van der Waals surface area contributed by atoms with Crippen LogP contribution >= 0.6 is 0 Å². The third kappa shape index (κ3) is 3.26. The number of benzene rings is 1. The number of nitrogen functional groups attached to an aromatic ring is 1. The predicted octanol–water partition coefficient (Wildman–Crippen LogP) is 2.45. The van der Waals surface area contributed by atoms with Gasteiger partial charge in [0.2, 0.25) is 0 Å². The molecule has 0 aliphatic heterocycles. The normalized spacial score (nSPS) is 10.5. The fourth-order valence-corrected chi connectivity index (χ4v) is 1.71. The largest absolute Gasteiger partial charge is 0.384 e. The molecule has 0 amide bonds. The number of anilines is 1. The van der Waals surface area contributed by atoms with E-state index in [-0.39, 0.29) is 5.84 Å². The van der Waals surface area contributed by atoms with Gasteiger partial charge in [0.25, 0.3) is 0 Å². The van der Waals surface area contributed by atoms with Crippen LogP contribution in [0, 0.1) is 11.3 Å². The Balaban J connectivity index is 2.82. The molecule has 0 radical (unpaired) electrons. The van der Waals surface area contributed by atoms with E-state index in [9.17, 15) is 0 Å². The minimum Gasteiger partial charge on any atom is -0.384 e. The van der Waals surface area contributed by atoms with Gasteiger partial charge in [-0.25, -0.2) is 0 Å². The number of nitrogens with one attached hydrogen (secondary N) is 1. The number of amidine groups is 1. The van der Waals surface area contributed by atoms with E-state index in [1.54, 1.807) is 0 Å². The lowest BCUT2D eigenvalue weighted by atomic mass is 10.1. The average Bonchev–Trinajstić information content (AvgIpc) is 2.25. The highest BCUT2D eigenvalue weighted by Gasteiger charge is 2.06. The minimum atomic E-state index is 0.124. The fourth-order valence-electron chi connectivity index (χ4n) is 1.71. The first-order valence-electron chi connectivity index (χ1n) is 5.74. The number of rotatable bonds is 5. The molecule has 1 aromatic rings. The second kappa shape index (κ2) is 5.54. The van der Waals surface area contributed by atoms with Gasteiger partial charge in [-0.1, -0.05) is 13.8 Å². The van der Waals surface area contributed by atoms with Gasteiger partial charge in [-0.3, -0.25) is 5.41 Å². The molecule has 3 nitrogen and oxygen atoms in total. The second-order valence-corrected chi connectivity index (χ2v) is 4.39. The molecule has 0 aromatic heterocycles. The molecule has 0 spiro atoms. The molecule has 1 rings (SSSR count). The third-order valence-electron chi connectivity index (χ3n) is 2.51. The maximum atomic E-state index is 7.34. The molecule has 0 saturated carbocycles. The highest BCUT2D eigenvalue weighted by molar-refractivity contribution is 5.95. The van der Waals surface area contributed by atoms with Crippen molar-refractivity contribution < 1.29 is 0 Å². The molecule has 0 aliphatic rings. The average molecular weight is 219 g/mol. The summed E-state index contributed by atoms with van der Waals surface area (Å²) < 4.78 is 0. The first kappa shape index (κ1) is 12.6. The van der Waals surface area contributed by atoms with Crippen molar-refractivity contribution in [2.45, 2.75) is 20.8 Å². The van der Waals surface area contributed by atoms with Crippen LogP contribution < -0.4 is 10.6 Å². The summed E-state index contributed by atoms with van der Waals surface area (Å²) in [7, 11) is 0. The first-order chi connectivity index (χ1) is 7.54. The Bertz CT molecular complexity index is 341. The molecule has 3 N–H and O–H groups in total. The SMILES string of the molecule is CCN(CC(C)C)c1ccc(C(=N)N)cc1. The smallest absolute Gasteiger partial charge is 0.122 e. The molecule has 0 atom stereocenters. The van der Waals surface area contributed by atoms with E-state index in [0.717, 1.165) is 18.7 Å². The van der Waals surface area contributed by atoms with Crippen molar-refractivity contribution in [1.82, 2.24) is 0 Å². The molecule has 0 unspecified atom stereocenters. The number of hydrogen-bond donors (Lipinski definition) is 2. The fraction of sp³-hybridized carbons (Fsp3) is 0.462.